The number of aliphatic hydroxyl groups is 12. The SMILES string of the molecule is CC1CCC2(OC1)OC1CC3C4CC(O)C5CC(OC6OC(CO)C(O)C(OC7OC(CO)C(OC8OC(CO)C(O)C(O)C8O)C(O)C7O)C6O)C(O)CC5(C)C4CCC3(C)C1C2C. The maximum absolute atomic E-state index is 12.1. The Bertz CT molecular complexity index is 1630. The smallest absolute Gasteiger partial charge is 0.187 e. The van der Waals surface area contributed by atoms with E-state index in [1.807, 2.05) is 0 Å². The standard InChI is InChI=1S/C45H74O20/c1-17-5-8-45(58-16-17)18(2)30-26(65-45)10-21-19-9-23(49)22-11-25(24(50)12-44(22,4)20(19)6-7-43(21,30)3)59-42-37(57)39(32(52)28(14-47)61-42)64-41-36(56)34(54)38(29(15-48)62-41)63-40-35(55)33(53)31(51)27(13-46)60-40/h17-42,46-57H,5-16H2,1-4H3. The van der Waals surface area contributed by atoms with Crippen molar-refractivity contribution in [3.8, 4) is 0 Å². The van der Waals surface area contributed by atoms with Crippen molar-refractivity contribution in [3.05, 3.63) is 0 Å². The highest BCUT2D eigenvalue weighted by atomic mass is 16.8. The van der Waals surface area contributed by atoms with Crippen LogP contribution in [0.4, 0.5) is 0 Å². The van der Waals surface area contributed by atoms with Crippen molar-refractivity contribution in [1.29, 1.82) is 0 Å². The van der Waals surface area contributed by atoms with Crippen molar-refractivity contribution in [2.75, 3.05) is 26.4 Å². The molecule has 0 aromatic carbocycles. The Morgan fingerprint density at radius 3 is 1.82 bits per heavy atom. The van der Waals surface area contributed by atoms with Gasteiger partial charge in [0.15, 0.2) is 24.7 Å². The Hall–Kier alpha value is -0.800. The lowest BCUT2D eigenvalue weighted by atomic mass is 9.43. The zero-order valence-electron chi connectivity index (χ0n) is 37.6. The largest absolute Gasteiger partial charge is 0.394 e. The molecule has 0 amide bonds. The van der Waals surface area contributed by atoms with Crippen LogP contribution in [0, 0.1) is 52.3 Å². The number of aliphatic hydroxyl groups excluding tert-OH is 12. The molecule has 374 valence electrons. The van der Waals surface area contributed by atoms with E-state index in [2.05, 4.69) is 27.7 Å². The highest BCUT2D eigenvalue weighted by Crippen LogP contribution is 2.71. The van der Waals surface area contributed by atoms with Gasteiger partial charge < -0.3 is 99.2 Å². The minimum absolute atomic E-state index is 0.0310. The minimum Gasteiger partial charge on any atom is -0.394 e. The molecule has 29 atom stereocenters. The van der Waals surface area contributed by atoms with Crippen LogP contribution < -0.4 is 0 Å². The molecule has 9 aliphatic rings. The quantitative estimate of drug-likeness (QED) is 0.104. The van der Waals surface area contributed by atoms with Crippen molar-refractivity contribution < 1.29 is 99.2 Å². The molecule has 9 fully saturated rings. The molecule has 29 unspecified atom stereocenters. The summed E-state index contributed by atoms with van der Waals surface area (Å²) in [4.78, 5) is 0. The van der Waals surface area contributed by atoms with Crippen molar-refractivity contribution >= 4 is 0 Å². The van der Waals surface area contributed by atoms with Crippen LogP contribution in [-0.2, 0) is 37.9 Å². The Morgan fingerprint density at radius 2 is 1.17 bits per heavy atom. The lowest BCUT2D eigenvalue weighted by Gasteiger charge is -2.63. The Morgan fingerprint density at radius 1 is 0.554 bits per heavy atom. The third-order valence-electron chi connectivity index (χ3n) is 18.3. The maximum Gasteiger partial charge on any atom is 0.187 e. The number of hydrogen-bond acceptors (Lipinski definition) is 20. The minimum atomic E-state index is -1.99. The molecule has 1 spiro atoms. The van der Waals surface area contributed by atoms with Gasteiger partial charge in [-0.05, 0) is 91.3 Å². The van der Waals surface area contributed by atoms with Crippen LogP contribution in [0.25, 0.3) is 0 Å². The topological polar surface area (TPSA) is 317 Å². The highest BCUT2D eigenvalue weighted by molar-refractivity contribution is 5.17. The summed E-state index contributed by atoms with van der Waals surface area (Å²) in [7, 11) is 0. The molecule has 0 aromatic heterocycles. The molecule has 9 rings (SSSR count). The average molecular weight is 935 g/mol. The second-order valence-electron chi connectivity index (χ2n) is 21.8. The van der Waals surface area contributed by atoms with E-state index in [-0.39, 0.29) is 41.6 Å². The zero-order chi connectivity index (χ0) is 46.7. The summed E-state index contributed by atoms with van der Waals surface area (Å²) in [6.45, 7) is 7.48. The molecule has 65 heavy (non-hydrogen) atoms. The summed E-state index contributed by atoms with van der Waals surface area (Å²) < 4.78 is 48.2. The monoisotopic (exact) mass is 934 g/mol. The molecule has 5 aliphatic heterocycles. The van der Waals surface area contributed by atoms with Crippen LogP contribution in [0.1, 0.15) is 79.1 Å². The predicted molar refractivity (Wildman–Crippen MR) is 218 cm³/mol. The molecule has 5 saturated heterocycles. The summed E-state index contributed by atoms with van der Waals surface area (Å²) in [5.74, 6) is 1.19. The van der Waals surface area contributed by atoms with Crippen molar-refractivity contribution in [3.63, 3.8) is 0 Å². The second kappa shape index (κ2) is 18.4. The molecule has 0 radical (unpaired) electrons. The zero-order valence-corrected chi connectivity index (χ0v) is 37.6. The summed E-state index contributed by atoms with van der Waals surface area (Å²) in [5, 5.41) is 130. The van der Waals surface area contributed by atoms with E-state index in [0.717, 1.165) is 32.1 Å². The maximum atomic E-state index is 12.1. The van der Waals surface area contributed by atoms with Crippen LogP contribution in [0.3, 0.4) is 0 Å². The summed E-state index contributed by atoms with van der Waals surface area (Å²) in [6.07, 6.45) is -22.1. The fourth-order valence-corrected chi connectivity index (χ4v) is 14.8. The molecule has 20 heteroatoms. The predicted octanol–water partition coefficient (Wildman–Crippen LogP) is -2.79. The molecule has 0 bridgehead atoms. The highest BCUT2D eigenvalue weighted by Gasteiger charge is 2.70. The summed E-state index contributed by atoms with van der Waals surface area (Å²) >= 11 is 0. The van der Waals surface area contributed by atoms with Gasteiger partial charge in [-0.1, -0.05) is 27.7 Å². The van der Waals surface area contributed by atoms with Crippen LogP contribution in [-0.4, -0.2) is 210 Å². The van der Waals surface area contributed by atoms with E-state index in [1.54, 1.807) is 0 Å². The molecule has 0 aromatic rings. The first-order valence-corrected chi connectivity index (χ1v) is 24.0. The van der Waals surface area contributed by atoms with E-state index < -0.39 is 141 Å². The van der Waals surface area contributed by atoms with Crippen LogP contribution in [0.15, 0.2) is 0 Å². The van der Waals surface area contributed by atoms with Gasteiger partial charge in [-0.15, -0.1) is 0 Å². The molecule has 4 saturated carbocycles. The van der Waals surface area contributed by atoms with E-state index in [1.165, 1.54) is 0 Å². The fraction of sp³-hybridized carbons (Fsp3) is 1.00. The molecule has 5 heterocycles. The van der Waals surface area contributed by atoms with Gasteiger partial charge in [0, 0.05) is 12.3 Å². The first kappa shape index (κ1) is 49.2. The van der Waals surface area contributed by atoms with Gasteiger partial charge in [0.05, 0.1) is 50.8 Å². The van der Waals surface area contributed by atoms with Gasteiger partial charge in [-0.25, -0.2) is 0 Å². The third kappa shape index (κ3) is 8.08. The van der Waals surface area contributed by atoms with Crippen LogP contribution in [0.2, 0.25) is 0 Å². The van der Waals surface area contributed by atoms with Crippen molar-refractivity contribution in [2.24, 2.45) is 52.3 Å². The average Bonchev–Trinajstić information content (AvgIpc) is 3.73. The van der Waals surface area contributed by atoms with Gasteiger partial charge in [0.25, 0.3) is 0 Å². The fourth-order valence-electron chi connectivity index (χ4n) is 14.8. The van der Waals surface area contributed by atoms with E-state index in [4.69, 9.17) is 37.9 Å². The second-order valence-corrected chi connectivity index (χ2v) is 21.8. The first-order valence-electron chi connectivity index (χ1n) is 24.0. The molecule has 4 aliphatic carbocycles. The Labute approximate surface area is 378 Å². The number of rotatable bonds is 9. The Kier molecular flexibility index (Phi) is 13.9. The third-order valence-corrected chi connectivity index (χ3v) is 18.3. The summed E-state index contributed by atoms with van der Waals surface area (Å²) in [5.41, 5.74) is -0.398. The van der Waals surface area contributed by atoms with Crippen LogP contribution in [0.5, 0.6) is 0 Å². The lowest BCUT2D eigenvalue weighted by molar-refractivity contribution is -0.383. The van der Waals surface area contributed by atoms with Gasteiger partial charge >= 0.3 is 0 Å². The first-order chi connectivity index (χ1) is 30.8. The van der Waals surface area contributed by atoms with Gasteiger partial charge in [-0.3, -0.25) is 0 Å². The van der Waals surface area contributed by atoms with Gasteiger partial charge in [0.1, 0.15) is 73.2 Å². The van der Waals surface area contributed by atoms with E-state index in [0.29, 0.717) is 37.2 Å². The number of ether oxygens (including phenoxy) is 8. The molecule has 20 nitrogen and oxygen atoms in total. The normalized spacial score (nSPS) is 59.1. The molecular weight excluding hydrogens is 860 g/mol. The summed E-state index contributed by atoms with van der Waals surface area (Å²) in [6, 6.07) is 0. The van der Waals surface area contributed by atoms with Gasteiger partial charge in [0.2, 0.25) is 0 Å². The van der Waals surface area contributed by atoms with Crippen LogP contribution >= 0.6 is 0 Å². The van der Waals surface area contributed by atoms with Crippen molar-refractivity contribution in [2.45, 2.75) is 201 Å². The van der Waals surface area contributed by atoms with E-state index in [9.17, 15) is 61.3 Å². The number of fused-ring (bicyclic) bond motifs is 7. The lowest BCUT2D eigenvalue weighted by Crippen LogP contribution is -2.67. The Balaban J connectivity index is 0.855. The van der Waals surface area contributed by atoms with E-state index >= 15 is 0 Å². The molecule has 12 N–H and O–H groups in total. The van der Waals surface area contributed by atoms with Gasteiger partial charge in [-0.2, -0.15) is 0 Å². The molecular formula is C45H74O20. The van der Waals surface area contributed by atoms with Crippen molar-refractivity contribution in [1.82, 2.24) is 0 Å². The number of hydrogen-bond donors (Lipinski definition) is 12.